The molecule has 9 heavy (non-hydrogen) atoms. The molecule has 0 bridgehead atoms. The van der Waals surface area contributed by atoms with E-state index in [0.29, 0.717) is 0 Å². The second kappa shape index (κ2) is 9.39. The third-order valence-corrected chi connectivity index (χ3v) is 3.45. The van der Waals surface area contributed by atoms with Crippen LogP contribution in [0.2, 0.25) is 0 Å². The predicted octanol–water partition coefficient (Wildman–Crippen LogP) is 3.93. The number of rotatable bonds is 6. The lowest BCUT2D eigenvalue weighted by molar-refractivity contribution is 0.713. The molecule has 0 saturated carbocycles. The SMILES string of the molecule is BrCCCCCCPBr. The van der Waals surface area contributed by atoms with Crippen LogP contribution in [-0.2, 0) is 0 Å². The van der Waals surface area contributed by atoms with Crippen LogP contribution in [0.3, 0.4) is 0 Å². The highest BCUT2D eigenvalue weighted by atomic mass is 79.9. The Kier molecular flexibility index (Phi) is 10.8. The van der Waals surface area contributed by atoms with Gasteiger partial charge in [-0.15, -0.1) is 0 Å². The van der Waals surface area contributed by atoms with Crippen molar-refractivity contribution < 1.29 is 0 Å². The fourth-order valence-electron chi connectivity index (χ4n) is 0.640. The lowest BCUT2D eigenvalue weighted by atomic mass is 10.2. The topological polar surface area (TPSA) is 0 Å². The van der Waals surface area contributed by atoms with Crippen molar-refractivity contribution in [2.45, 2.75) is 25.7 Å². The quantitative estimate of drug-likeness (QED) is 0.391. The Morgan fingerprint density at radius 1 is 1.00 bits per heavy atom. The molecule has 0 aromatic carbocycles. The van der Waals surface area contributed by atoms with Gasteiger partial charge in [-0.1, -0.05) is 51.5 Å². The molecule has 56 valence electrons. The van der Waals surface area contributed by atoms with Gasteiger partial charge in [0.05, 0.1) is 0 Å². The van der Waals surface area contributed by atoms with Crippen LogP contribution in [0.25, 0.3) is 0 Å². The molecule has 0 aliphatic rings. The normalized spacial score (nSPS) is 11.3. The summed E-state index contributed by atoms with van der Waals surface area (Å²) in [5, 5.41) is 1.17. The summed E-state index contributed by atoms with van der Waals surface area (Å²) in [7, 11) is 0.970. The Morgan fingerprint density at radius 3 is 2.22 bits per heavy atom. The number of hydrogen-bond acceptors (Lipinski definition) is 0. The minimum atomic E-state index is 0.970. The molecule has 0 aromatic heterocycles. The molecule has 0 heterocycles. The number of alkyl halides is 1. The van der Waals surface area contributed by atoms with Crippen molar-refractivity contribution in [1.29, 1.82) is 0 Å². The molecular weight excluding hydrogens is 263 g/mol. The van der Waals surface area contributed by atoms with Gasteiger partial charge in [-0.05, 0) is 19.0 Å². The van der Waals surface area contributed by atoms with Crippen LogP contribution in [0.5, 0.6) is 0 Å². The van der Waals surface area contributed by atoms with E-state index in [-0.39, 0.29) is 0 Å². The first-order chi connectivity index (χ1) is 4.41. The van der Waals surface area contributed by atoms with Crippen molar-refractivity contribution in [2.75, 3.05) is 11.5 Å². The van der Waals surface area contributed by atoms with Gasteiger partial charge in [-0.3, -0.25) is 0 Å². The summed E-state index contributed by atoms with van der Waals surface area (Å²) in [5.41, 5.74) is 0. The van der Waals surface area contributed by atoms with Gasteiger partial charge in [0.25, 0.3) is 0 Å². The van der Waals surface area contributed by atoms with Crippen molar-refractivity contribution in [3.63, 3.8) is 0 Å². The van der Waals surface area contributed by atoms with Crippen LogP contribution < -0.4 is 0 Å². The van der Waals surface area contributed by atoms with Crippen LogP contribution in [0.4, 0.5) is 0 Å². The highest BCUT2D eigenvalue weighted by Crippen LogP contribution is 2.21. The molecule has 1 unspecified atom stereocenters. The van der Waals surface area contributed by atoms with E-state index in [2.05, 4.69) is 31.4 Å². The highest BCUT2D eigenvalue weighted by Gasteiger charge is 1.86. The van der Waals surface area contributed by atoms with E-state index in [4.69, 9.17) is 0 Å². The summed E-state index contributed by atoms with van der Waals surface area (Å²) in [6.07, 6.45) is 6.90. The van der Waals surface area contributed by atoms with Crippen molar-refractivity contribution in [1.82, 2.24) is 0 Å². The highest BCUT2D eigenvalue weighted by molar-refractivity contribution is 9.36. The maximum atomic E-state index is 3.44. The standard InChI is InChI=1S/C6H13Br2P/c7-5-3-1-2-4-6-9-8/h9H,1-6H2. The molecule has 0 aromatic rings. The Bertz CT molecular complexity index is 44.3. The molecule has 0 rings (SSSR count). The Morgan fingerprint density at radius 2 is 1.67 bits per heavy atom. The second-order valence-electron chi connectivity index (χ2n) is 1.99. The van der Waals surface area contributed by atoms with E-state index in [0.717, 1.165) is 7.28 Å². The van der Waals surface area contributed by atoms with Crippen LogP contribution >= 0.6 is 38.7 Å². The summed E-state index contributed by atoms with van der Waals surface area (Å²) in [4.78, 5) is 0. The zero-order valence-electron chi connectivity index (χ0n) is 5.50. The first kappa shape index (κ1) is 10.4. The van der Waals surface area contributed by atoms with E-state index in [1.54, 1.807) is 0 Å². The minimum Gasteiger partial charge on any atom is -0.0928 e. The van der Waals surface area contributed by atoms with Crippen molar-refractivity contribution in [3.05, 3.63) is 0 Å². The van der Waals surface area contributed by atoms with Gasteiger partial charge in [0, 0.05) is 5.33 Å². The van der Waals surface area contributed by atoms with Crippen LogP contribution in [-0.4, -0.2) is 11.5 Å². The van der Waals surface area contributed by atoms with Gasteiger partial charge in [0.1, 0.15) is 0 Å². The maximum Gasteiger partial charge on any atom is 0.00313 e. The van der Waals surface area contributed by atoms with Crippen LogP contribution in [0.15, 0.2) is 0 Å². The first-order valence-corrected chi connectivity index (χ1v) is 7.90. The predicted molar refractivity (Wildman–Crippen MR) is 54.4 cm³/mol. The minimum absolute atomic E-state index is 0.970. The van der Waals surface area contributed by atoms with Gasteiger partial charge < -0.3 is 0 Å². The first-order valence-electron chi connectivity index (χ1n) is 3.31. The maximum absolute atomic E-state index is 3.44. The molecule has 0 aliphatic heterocycles. The smallest absolute Gasteiger partial charge is 0.00313 e. The zero-order chi connectivity index (χ0) is 6.95. The molecule has 1 atom stereocenters. The third-order valence-electron chi connectivity index (χ3n) is 1.15. The van der Waals surface area contributed by atoms with Gasteiger partial charge >= 0.3 is 0 Å². The van der Waals surface area contributed by atoms with E-state index in [1.807, 2.05) is 0 Å². The summed E-state index contributed by atoms with van der Waals surface area (Å²) < 4.78 is 0. The largest absolute Gasteiger partial charge is 0.0928 e. The summed E-state index contributed by atoms with van der Waals surface area (Å²) in [5.74, 6) is 0. The molecule has 3 heteroatoms. The molecule has 0 radical (unpaired) electrons. The zero-order valence-corrected chi connectivity index (χ0v) is 9.67. The molecule has 0 fully saturated rings. The number of hydrogen-bond donors (Lipinski definition) is 0. The van der Waals surface area contributed by atoms with Gasteiger partial charge in [-0.25, -0.2) is 0 Å². The molecule has 0 spiro atoms. The fraction of sp³-hybridized carbons (Fsp3) is 1.00. The Hall–Kier alpha value is 1.39. The third kappa shape index (κ3) is 9.39. The Balaban J connectivity index is 2.60. The van der Waals surface area contributed by atoms with E-state index < -0.39 is 0 Å². The van der Waals surface area contributed by atoms with Crippen LogP contribution in [0, 0.1) is 0 Å². The number of halogens is 2. The summed E-state index contributed by atoms with van der Waals surface area (Å²) >= 11 is 6.85. The lowest BCUT2D eigenvalue weighted by Gasteiger charge is -1.95. The fourth-order valence-corrected chi connectivity index (χ4v) is 2.26. The van der Waals surface area contributed by atoms with E-state index in [1.165, 1.54) is 37.2 Å². The van der Waals surface area contributed by atoms with E-state index >= 15 is 0 Å². The van der Waals surface area contributed by atoms with Gasteiger partial charge in [0.2, 0.25) is 0 Å². The summed E-state index contributed by atoms with van der Waals surface area (Å²) in [6, 6.07) is 0. The molecule has 0 saturated heterocycles. The number of unbranched alkanes of at least 4 members (excludes halogenated alkanes) is 3. The molecule has 0 amide bonds. The second-order valence-corrected chi connectivity index (χ2v) is 5.23. The van der Waals surface area contributed by atoms with Crippen LogP contribution in [0.1, 0.15) is 25.7 Å². The summed E-state index contributed by atoms with van der Waals surface area (Å²) in [6.45, 7) is 0. The average Bonchev–Trinajstić information content (AvgIpc) is 1.89. The Labute approximate surface area is 75.8 Å². The van der Waals surface area contributed by atoms with Gasteiger partial charge in [0.15, 0.2) is 0 Å². The van der Waals surface area contributed by atoms with Crippen molar-refractivity contribution in [3.8, 4) is 0 Å². The van der Waals surface area contributed by atoms with E-state index in [9.17, 15) is 0 Å². The molecule has 0 aliphatic carbocycles. The monoisotopic (exact) mass is 274 g/mol. The average molecular weight is 276 g/mol. The molecular formula is C6H13Br2P. The van der Waals surface area contributed by atoms with Crippen molar-refractivity contribution >= 4 is 38.7 Å². The lowest BCUT2D eigenvalue weighted by Crippen LogP contribution is -1.78. The molecule has 0 N–H and O–H groups in total. The van der Waals surface area contributed by atoms with Crippen molar-refractivity contribution in [2.24, 2.45) is 0 Å². The van der Waals surface area contributed by atoms with Gasteiger partial charge in [-0.2, -0.15) is 0 Å². The molecule has 0 nitrogen and oxygen atoms in total.